The Balaban J connectivity index is 1.58. The average Bonchev–Trinajstić information content (AvgIpc) is 3.50. The third-order valence-corrected chi connectivity index (χ3v) is 7.12. The summed E-state index contributed by atoms with van der Waals surface area (Å²) >= 11 is 0. The first-order valence-corrected chi connectivity index (χ1v) is 13.8. The number of fused-ring (bicyclic) bond motifs is 1. The van der Waals surface area contributed by atoms with E-state index in [9.17, 15) is 5.26 Å². The molecule has 0 amide bonds. The summed E-state index contributed by atoms with van der Waals surface area (Å²) in [6.45, 7) is 5.95. The van der Waals surface area contributed by atoms with Crippen LogP contribution in [-0.2, 0) is 11.5 Å². The zero-order valence-corrected chi connectivity index (χ0v) is 18.8. The van der Waals surface area contributed by atoms with E-state index in [0.29, 0.717) is 12.6 Å². The Morgan fingerprint density at radius 1 is 1.33 bits per heavy atom. The summed E-state index contributed by atoms with van der Waals surface area (Å²) in [5, 5.41) is 14.8. The van der Waals surface area contributed by atoms with Gasteiger partial charge in [-0.1, -0.05) is 25.9 Å². The molecule has 156 valence electrons. The lowest BCUT2D eigenvalue weighted by Crippen LogP contribution is -2.08. The smallest absolute Gasteiger partial charge is 0.145 e. The van der Waals surface area contributed by atoms with E-state index in [1.807, 2.05) is 33.9 Å². The SMILES string of the molecule is C[SiH](C)CCOCn1ccc2c(-c3cnn(/C(=C\C#N)C4CCCC4)c3)ncnc21. The molecule has 3 aromatic heterocycles. The average molecular weight is 421 g/mol. The minimum atomic E-state index is -0.594. The second-order valence-electron chi connectivity index (χ2n) is 8.32. The minimum absolute atomic E-state index is 0.398. The molecule has 0 spiro atoms. The zero-order chi connectivity index (χ0) is 20.9. The second kappa shape index (κ2) is 9.37. The molecule has 0 aliphatic heterocycles. The molecule has 3 heterocycles. The van der Waals surface area contributed by atoms with Gasteiger partial charge < -0.3 is 9.30 Å². The van der Waals surface area contributed by atoms with Crippen molar-refractivity contribution in [2.75, 3.05) is 6.61 Å². The molecular weight excluding hydrogens is 392 g/mol. The quantitative estimate of drug-likeness (QED) is 0.308. The van der Waals surface area contributed by atoms with Gasteiger partial charge in [-0.15, -0.1) is 0 Å². The van der Waals surface area contributed by atoms with Crippen LogP contribution in [0.15, 0.2) is 37.1 Å². The van der Waals surface area contributed by atoms with Crippen LogP contribution in [0.5, 0.6) is 0 Å². The third-order valence-electron chi connectivity index (χ3n) is 5.73. The fourth-order valence-electron chi connectivity index (χ4n) is 4.06. The Bertz CT molecular complexity index is 1070. The summed E-state index contributed by atoms with van der Waals surface area (Å²) < 4.78 is 9.71. The lowest BCUT2D eigenvalue weighted by molar-refractivity contribution is 0.0902. The van der Waals surface area contributed by atoms with E-state index in [2.05, 4.69) is 34.2 Å². The molecule has 0 aromatic carbocycles. The van der Waals surface area contributed by atoms with Crippen molar-refractivity contribution in [3.05, 3.63) is 37.1 Å². The molecule has 0 unspecified atom stereocenters. The summed E-state index contributed by atoms with van der Waals surface area (Å²) in [4.78, 5) is 9.00. The van der Waals surface area contributed by atoms with Crippen LogP contribution in [0.3, 0.4) is 0 Å². The van der Waals surface area contributed by atoms with Gasteiger partial charge in [-0.3, -0.25) is 0 Å². The molecule has 1 fully saturated rings. The van der Waals surface area contributed by atoms with Crippen molar-refractivity contribution in [3.63, 3.8) is 0 Å². The third kappa shape index (κ3) is 4.37. The predicted molar refractivity (Wildman–Crippen MR) is 120 cm³/mol. The number of nitrogens with zero attached hydrogens (tertiary/aromatic N) is 6. The molecule has 1 aliphatic rings. The van der Waals surface area contributed by atoms with E-state index >= 15 is 0 Å². The maximum atomic E-state index is 9.24. The maximum absolute atomic E-state index is 9.24. The number of rotatable bonds is 8. The molecule has 0 N–H and O–H groups in total. The highest BCUT2D eigenvalue weighted by Crippen LogP contribution is 2.34. The number of hydrogen-bond acceptors (Lipinski definition) is 5. The number of nitriles is 1. The molecule has 4 rings (SSSR count). The van der Waals surface area contributed by atoms with Crippen LogP contribution < -0.4 is 0 Å². The van der Waals surface area contributed by atoms with Crippen molar-refractivity contribution in [1.82, 2.24) is 24.3 Å². The Kier molecular flexibility index (Phi) is 6.40. The number of aromatic nitrogens is 5. The van der Waals surface area contributed by atoms with Gasteiger partial charge in [0.2, 0.25) is 0 Å². The lowest BCUT2D eigenvalue weighted by Gasteiger charge is -2.13. The van der Waals surface area contributed by atoms with Crippen molar-refractivity contribution < 1.29 is 4.74 Å². The standard InChI is InChI=1S/C22H28N6OSi/c1-30(2)12-11-29-16-27-10-8-19-21(24-15-25-22(19)27)18-13-26-28(14-18)20(7-9-23)17-5-3-4-6-17/h7-8,10,13-15,17,30H,3-6,11-12,16H2,1-2H3/b20-7-. The molecule has 7 nitrogen and oxygen atoms in total. The highest BCUT2D eigenvalue weighted by Gasteiger charge is 2.22. The second-order valence-corrected chi connectivity index (χ2v) is 11.7. The summed E-state index contributed by atoms with van der Waals surface area (Å²) in [5.41, 5.74) is 3.61. The van der Waals surface area contributed by atoms with E-state index in [-0.39, 0.29) is 0 Å². The van der Waals surface area contributed by atoms with E-state index in [0.717, 1.165) is 47.4 Å². The lowest BCUT2D eigenvalue weighted by atomic mass is 10.0. The molecule has 0 bridgehead atoms. The molecule has 1 aliphatic carbocycles. The first kappa shape index (κ1) is 20.5. The topological polar surface area (TPSA) is 81.5 Å². The van der Waals surface area contributed by atoms with Crippen molar-refractivity contribution >= 4 is 25.5 Å². The summed E-state index contributed by atoms with van der Waals surface area (Å²) in [5.74, 6) is 0.398. The zero-order valence-electron chi connectivity index (χ0n) is 17.7. The van der Waals surface area contributed by atoms with Crippen LogP contribution in [0, 0.1) is 17.2 Å². The predicted octanol–water partition coefficient (Wildman–Crippen LogP) is 4.31. The van der Waals surface area contributed by atoms with Crippen LogP contribution in [0.25, 0.3) is 28.0 Å². The van der Waals surface area contributed by atoms with Crippen LogP contribution in [-0.4, -0.2) is 39.7 Å². The fourth-order valence-corrected chi connectivity index (χ4v) is 4.70. The number of allylic oxidation sites excluding steroid dienone is 2. The number of ether oxygens (including phenoxy) is 1. The number of hydrogen-bond donors (Lipinski definition) is 0. The summed E-state index contributed by atoms with van der Waals surface area (Å²) in [7, 11) is -0.594. The first-order valence-electron chi connectivity index (χ1n) is 10.7. The minimum Gasteiger partial charge on any atom is -0.361 e. The van der Waals surface area contributed by atoms with Crippen molar-refractivity contribution in [3.8, 4) is 17.3 Å². The highest BCUT2D eigenvalue weighted by molar-refractivity contribution is 6.55. The van der Waals surface area contributed by atoms with Gasteiger partial charge in [0.25, 0.3) is 0 Å². The maximum Gasteiger partial charge on any atom is 0.145 e. The van der Waals surface area contributed by atoms with Crippen LogP contribution in [0.4, 0.5) is 0 Å². The summed E-state index contributed by atoms with van der Waals surface area (Å²) in [6.07, 6.45) is 13.7. The molecule has 1 saturated carbocycles. The van der Waals surface area contributed by atoms with E-state index in [1.165, 1.54) is 18.9 Å². The van der Waals surface area contributed by atoms with E-state index < -0.39 is 8.80 Å². The van der Waals surface area contributed by atoms with Gasteiger partial charge in [-0.2, -0.15) is 10.4 Å². The van der Waals surface area contributed by atoms with Crippen molar-refractivity contribution in [1.29, 1.82) is 5.26 Å². The largest absolute Gasteiger partial charge is 0.361 e. The van der Waals surface area contributed by atoms with Gasteiger partial charge in [-0.05, 0) is 25.0 Å². The van der Waals surface area contributed by atoms with Crippen LogP contribution in [0.2, 0.25) is 19.1 Å². The molecular formula is C22H28N6OSi. The van der Waals surface area contributed by atoms with Crippen molar-refractivity contribution in [2.45, 2.75) is 51.6 Å². The fraction of sp³-hybridized carbons (Fsp3) is 0.455. The monoisotopic (exact) mass is 420 g/mol. The van der Waals surface area contributed by atoms with Gasteiger partial charge in [0.05, 0.1) is 23.7 Å². The Hall–Kier alpha value is -2.76. The van der Waals surface area contributed by atoms with Gasteiger partial charge in [-0.25, -0.2) is 14.6 Å². The van der Waals surface area contributed by atoms with E-state index in [4.69, 9.17) is 4.74 Å². The van der Waals surface area contributed by atoms with E-state index in [1.54, 1.807) is 12.4 Å². The summed E-state index contributed by atoms with van der Waals surface area (Å²) in [6, 6.07) is 5.41. The Morgan fingerprint density at radius 2 is 2.17 bits per heavy atom. The van der Waals surface area contributed by atoms with Gasteiger partial charge >= 0.3 is 0 Å². The van der Waals surface area contributed by atoms with Crippen LogP contribution >= 0.6 is 0 Å². The molecule has 0 radical (unpaired) electrons. The van der Waals surface area contributed by atoms with Gasteiger partial charge in [0.1, 0.15) is 18.7 Å². The van der Waals surface area contributed by atoms with Gasteiger partial charge in [0, 0.05) is 50.7 Å². The van der Waals surface area contributed by atoms with Crippen LogP contribution in [0.1, 0.15) is 25.7 Å². The molecule has 3 aromatic rings. The highest BCUT2D eigenvalue weighted by atomic mass is 28.3. The first-order chi connectivity index (χ1) is 14.7. The Morgan fingerprint density at radius 3 is 2.93 bits per heavy atom. The molecule has 30 heavy (non-hydrogen) atoms. The molecule has 0 saturated heterocycles. The molecule has 0 atom stereocenters. The Labute approximate surface area is 178 Å². The van der Waals surface area contributed by atoms with Gasteiger partial charge in [0.15, 0.2) is 0 Å². The normalized spacial score (nSPS) is 15.3. The van der Waals surface area contributed by atoms with Crippen molar-refractivity contribution in [2.24, 2.45) is 5.92 Å². The molecule has 8 heteroatoms.